The smallest absolute Gasteiger partial charge is 0.232 e. The molecule has 202 valence electrons. The van der Waals surface area contributed by atoms with Crippen molar-refractivity contribution in [2.75, 3.05) is 0 Å². The Morgan fingerprint density at radius 3 is 2.68 bits per heavy atom. The van der Waals surface area contributed by atoms with E-state index in [1.807, 2.05) is 27.7 Å². The van der Waals surface area contributed by atoms with Gasteiger partial charge in [-0.3, -0.25) is 19.5 Å². The van der Waals surface area contributed by atoms with E-state index in [4.69, 9.17) is 10.5 Å². The third-order valence-electron chi connectivity index (χ3n) is 7.87. The number of hydrogen-bond donors (Lipinski definition) is 2. The van der Waals surface area contributed by atoms with Crippen molar-refractivity contribution in [3.05, 3.63) is 59.4 Å². The van der Waals surface area contributed by atoms with Crippen LogP contribution in [0.15, 0.2) is 41.7 Å². The topological polar surface area (TPSA) is 110 Å². The number of hydrogen-bond acceptors (Lipinski definition) is 6. The minimum Gasteiger partial charge on any atom is -0.487 e. The normalized spacial score (nSPS) is 28.6. The summed E-state index contributed by atoms with van der Waals surface area (Å²) < 4.78 is 34.3. The molecule has 1 fully saturated rings. The predicted molar refractivity (Wildman–Crippen MR) is 137 cm³/mol. The number of benzene rings is 1. The van der Waals surface area contributed by atoms with Gasteiger partial charge in [0.05, 0.1) is 30.2 Å². The molecule has 2 aromatic rings. The molecule has 1 aromatic carbocycles. The first kappa shape index (κ1) is 26.1. The molecule has 8 nitrogen and oxygen atoms in total. The Hall–Kier alpha value is -3.56. The number of rotatable bonds is 6. The number of nitrogens with zero attached hydrogens (tertiary/aromatic N) is 3. The largest absolute Gasteiger partial charge is 0.487 e. The van der Waals surface area contributed by atoms with Crippen LogP contribution in [0.5, 0.6) is 5.75 Å². The second kappa shape index (κ2) is 9.32. The van der Waals surface area contributed by atoms with E-state index >= 15 is 0 Å². The molecule has 2 aliphatic heterocycles. The van der Waals surface area contributed by atoms with Crippen LogP contribution in [0.4, 0.5) is 8.78 Å². The standard InChI is InChI=1S/C28H33F2N5O3/c1-5-28(4)12-23(36)35(26(31)34-28)24(15-8-17(30)14-32-13-15)18-10-19(18)25(37)33-21-11-27(2,3)38-22-7-6-16(29)9-20(21)22/h6-9,13-14,18-19,21,24H,5,10-12H2,1-4H3,(H2,31,34)(H,33,37)/t18-,19-,21-,24?,28-/m0/s1. The molecule has 2 amide bonds. The molecule has 1 aromatic heterocycles. The van der Waals surface area contributed by atoms with Crippen LogP contribution in [0, 0.1) is 23.5 Å². The number of carbonyl (C=O) groups is 2. The van der Waals surface area contributed by atoms with Crippen molar-refractivity contribution in [1.82, 2.24) is 15.2 Å². The zero-order valence-corrected chi connectivity index (χ0v) is 22.0. The van der Waals surface area contributed by atoms with E-state index in [0.29, 0.717) is 36.1 Å². The minimum atomic E-state index is -0.692. The van der Waals surface area contributed by atoms with Gasteiger partial charge < -0.3 is 15.8 Å². The lowest BCUT2D eigenvalue weighted by Gasteiger charge is -2.39. The predicted octanol–water partition coefficient (Wildman–Crippen LogP) is 4.17. The fourth-order valence-corrected chi connectivity index (χ4v) is 5.69. The Morgan fingerprint density at radius 2 is 2.00 bits per heavy atom. The van der Waals surface area contributed by atoms with E-state index < -0.39 is 40.8 Å². The number of guanidine groups is 1. The van der Waals surface area contributed by atoms with Crippen molar-refractivity contribution in [3.63, 3.8) is 0 Å². The van der Waals surface area contributed by atoms with Crippen LogP contribution < -0.4 is 15.8 Å². The van der Waals surface area contributed by atoms with Crippen LogP contribution in [-0.2, 0) is 9.59 Å². The number of aliphatic imine (C=N–C) groups is 1. The number of pyridine rings is 1. The van der Waals surface area contributed by atoms with Crippen LogP contribution in [0.2, 0.25) is 0 Å². The third kappa shape index (κ3) is 4.96. The highest BCUT2D eigenvalue weighted by Crippen LogP contribution is 2.52. The molecule has 3 aliphatic rings. The number of nitrogens with one attached hydrogen (secondary N) is 1. The fourth-order valence-electron chi connectivity index (χ4n) is 5.69. The van der Waals surface area contributed by atoms with Crippen LogP contribution in [-0.4, -0.2) is 38.8 Å². The number of fused-ring (bicyclic) bond motifs is 1. The number of nitrogens with two attached hydrogens (primary N) is 1. The molecule has 0 spiro atoms. The Kier molecular flexibility index (Phi) is 6.39. The SMILES string of the molecule is CC[C@@]1(C)CC(=O)N(C(c2cncc(F)c2)[C@H]2C[C@@H]2C(=O)N[C@H]2CC(C)(C)Oc3ccc(F)cc32)C(N)=N1. The maximum absolute atomic E-state index is 14.2. The van der Waals surface area contributed by atoms with Gasteiger partial charge in [0.25, 0.3) is 0 Å². The van der Waals surface area contributed by atoms with Crippen LogP contribution in [0.1, 0.15) is 76.6 Å². The zero-order chi connectivity index (χ0) is 27.4. The van der Waals surface area contributed by atoms with Crippen LogP contribution in [0.3, 0.4) is 0 Å². The summed E-state index contributed by atoms with van der Waals surface area (Å²) in [7, 11) is 0. The molecule has 1 unspecified atom stereocenters. The summed E-state index contributed by atoms with van der Waals surface area (Å²) in [5.41, 5.74) is 6.20. The molecule has 3 heterocycles. The third-order valence-corrected chi connectivity index (χ3v) is 7.87. The van der Waals surface area contributed by atoms with Crippen molar-refractivity contribution < 1.29 is 23.1 Å². The summed E-state index contributed by atoms with van der Waals surface area (Å²) >= 11 is 0. The molecule has 5 rings (SSSR count). The van der Waals surface area contributed by atoms with Gasteiger partial charge in [0.2, 0.25) is 11.8 Å². The lowest BCUT2D eigenvalue weighted by molar-refractivity contribution is -0.132. The van der Waals surface area contributed by atoms with Crippen LogP contribution >= 0.6 is 0 Å². The molecular weight excluding hydrogens is 492 g/mol. The van der Waals surface area contributed by atoms with Crippen molar-refractivity contribution in [2.45, 2.75) is 76.6 Å². The van der Waals surface area contributed by atoms with Gasteiger partial charge in [-0.05, 0) is 69.4 Å². The Bertz CT molecular complexity index is 1320. The van der Waals surface area contributed by atoms with Crippen LogP contribution in [0.25, 0.3) is 0 Å². The van der Waals surface area contributed by atoms with Crippen molar-refractivity contribution in [2.24, 2.45) is 22.6 Å². The van der Waals surface area contributed by atoms with Gasteiger partial charge in [-0.2, -0.15) is 0 Å². The average molecular weight is 526 g/mol. The summed E-state index contributed by atoms with van der Waals surface area (Å²) in [6.07, 6.45) is 4.31. The molecule has 0 radical (unpaired) electrons. The van der Waals surface area contributed by atoms with E-state index in [2.05, 4.69) is 15.3 Å². The summed E-state index contributed by atoms with van der Waals surface area (Å²) in [5, 5.41) is 3.07. The summed E-state index contributed by atoms with van der Waals surface area (Å²) in [4.78, 5) is 36.8. The number of halogens is 2. The van der Waals surface area contributed by atoms with Gasteiger partial charge in [0.15, 0.2) is 5.96 Å². The molecular formula is C28H33F2N5O3. The molecule has 0 saturated heterocycles. The lowest BCUT2D eigenvalue weighted by atomic mass is 9.89. The zero-order valence-electron chi connectivity index (χ0n) is 22.0. The first-order valence-electron chi connectivity index (χ1n) is 13.0. The van der Waals surface area contributed by atoms with Gasteiger partial charge in [-0.1, -0.05) is 6.92 Å². The summed E-state index contributed by atoms with van der Waals surface area (Å²) in [6.45, 7) is 7.65. The van der Waals surface area contributed by atoms with Crippen molar-refractivity contribution in [3.8, 4) is 5.75 Å². The number of ether oxygens (including phenoxy) is 1. The van der Waals surface area contributed by atoms with Crippen molar-refractivity contribution in [1.29, 1.82) is 0 Å². The van der Waals surface area contributed by atoms with E-state index in [-0.39, 0.29) is 30.1 Å². The Morgan fingerprint density at radius 1 is 1.24 bits per heavy atom. The molecule has 5 atom stereocenters. The van der Waals surface area contributed by atoms with Gasteiger partial charge in [-0.15, -0.1) is 0 Å². The van der Waals surface area contributed by atoms with E-state index in [1.54, 1.807) is 6.07 Å². The highest BCUT2D eigenvalue weighted by Gasteiger charge is 2.53. The quantitative estimate of drug-likeness (QED) is 0.588. The van der Waals surface area contributed by atoms with Gasteiger partial charge in [0, 0.05) is 24.1 Å². The first-order valence-corrected chi connectivity index (χ1v) is 13.0. The van der Waals surface area contributed by atoms with E-state index in [0.717, 1.165) is 6.20 Å². The number of amides is 2. The Labute approximate surface area is 220 Å². The second-order valence-electron chi connectivity index (χ2n) is 11.5. The van der Waals surface area contributed by atoms with Gasteiger partial charge >= 0.3 is 0 Å². The molecule has 1 aliphatic carbocycles. The maximum atomic E-state index is 14.2. The molecule has 3 N–H and O–H groups in total. The minimum absolute atomic E-state index is 0.0569. The molecule has 10 heteroatoms. The van der Waals surface area contributed by atoms with E-state index in [1.165, 1.54) is 29.3 Å². The summed E-state index contributed by atoms with van der Waals surface area (Å²) in [5.74, 6) is -1.58. The average Bonchev–Trinajstić information content (AvgIpc) is 3.62. The summed E-state index contributed by atoms with van der Waals surface area (Å²) in [6, 6.07) is 4.47. The monoisotopic (exact) mass is 525 g/mol. The number of carbonyl (C=O) groups excluding carboxylic acids is 2. The molecule has 38 heavy (non-hydrogen) atoms. The fraction of sp³-hybridized carbons (Fsp3) is 0.500. The van der Waals surface area contributed by atoms with Crippen molar-refractivity contribution >= 4 is 17.8 Å². The molecule has 1 saturated carbocycles. The number of aromatic nitrogens is 1. The second-order valence-corrected chi connectivity index (χ2v) is 11.5. The highest BCUT2D eigenvalue weighted by atomic mass is 19.1. The maximum Gasteiger partial charge on any atom is 0.232 e. The lowest BCUT2D eigenvalue weighted by Crippen LogP contribution is -2.52. The highest BCUT2D eigenvalue weighted by molar-refractivity contribution is 5.99. The molecule has 0 bridgehead atoms. The first-order chi connectivity index (χ1) is 17.9. The van der Waals surface area contributed by atoms with E-state index in [9.17, 15) is 18.4 Å². The van der Waals surface area contributed by atoms with Gasteiger partial charge in [-0.25, -0.2) is 13.8 Å². The Balaban J connectivity index is 1.42. The van der Waals surface area contributed by atoms with Gasteiger partial charge in [0.1, 0.15) is 23.0 Å².